The molecule has 0 saturated heterocycles. The first kappa shape index (κ1) is 20.3. The van der Waals surface area contributed by atoms with E-state index in [2.05, 4.69) is 27.5 Å². The van der Waals surface area contributed by atoms with Gasteiger partial charge in [0.1, 0.15) is 5.76 Å². The maximum Gasteiger partial charge on any atom is 0.319 e. The Kier molecular flexibility index (Phi) is 6.75. The topological polar surface area (TPSA) is 101 Å². The van der Waals surface area contributed by atoms with Gasteiger partial charge in [-0.3, -0.25) is 4.79 Å². The van der Waals surface area contributed by atoms with Crippen molar-refractivity contribution in [2.45, 2.75) is 10.9 Å². The molecule has 0 aliphatic rings. The fourth-order valence-electron chi connectivity index (χ4n) is 2.37. The van der Waals surface area contributed by atoms with Crippen molar-refractivity contribution in [2.75, 3.05) is 17.2 Å². The Hall–Kier alpha value is -3.46. The Labute approximate surface area is 172 Å². The summed E-state index contributed by atoms with van der Waals surface area (Å²) in [6.07, 6.45) is 5.20. The second kappa shape index (κ2) is 9.65. The third-order valence-electron chi connectivity index (χ3n) is 3.81. The summed E-state index contributed by atoms with van der Waals surface area (Å²) < 4.78 is 7.55. The number of imidazole rings is 1. The first-order valence-electron chi connectivity index (χ1n) is 8.81. The number of furan rings is 1. The highest BCUT2D eigenvalue weighted by molar-refractivity contribution is 7.98. The molecule has 1 aromatic carbocycles. The number of urea groups is 1. The summed E-state index contributed by atoms with van der Waals surface area (Å²) in [5.41, 5.74) is 1.20. The fraction of sp³-hybridized carbons (Fsp3) is 0.150. The Morgan fingerprint density at radius 3 is 2.55 bits per heavy atom. The van der Waals surface area contributed by atoms with Crippen molar-refractivity contribution in [3.63, 3.8) is 0 Å². The molecular formula is C20H21N5O3S. The number of aryl methyl sites for hydroxylation is 1. The number of rotatable bonds is 8. The van der Waals surface area contributed by atoms with Crippen molar-refractivity contribution in [3.8, 4) is 0 Å². The minimum absolute atomic E-state index is 0.228. The van der Waals surface area contributed by atoms with Gasteiger partial charge in [0.25, 0.3) is 5.91 Å². The number of hydrogen-bond donors (Lipinski definition) is 3. The van der Waals surface area contributed by atoms with Gasteiger partial charge in [-0.25, -0.2) is 9.78 Å². The van der Waals surface area contributed by atoms with E-state index in [0.29, 0.717) is 29.4 Å². The molecule has 0 atom stereocenters. The molecule has 0 radical (unpaired) electrons. The summed E-state index contributed by atoms with van der Waals surface area (Å²) >= 11 is 1.53. The molecule has 0 saturated carbocycles. The molecular weight excluding hydrogens is 390 g/mol. The van der Waals surface area contributed by atoms with Crippen molar-refractivity contribution in [1.29, 1.82) is 0 Å². The normalized spacial score (nSPS) is 10.4. The van der Waals surface area contributed by atoms with Crippen LogP contribution >= 0.6 is 11.8 Å². The summed E-state index contributed by atoms with van der Waals surface area (Å²) in [4.78, 5) is 28.2. The Bertz CT molecular complexity index is 994. The predicted molar refractivity (Wildman–Crippen MR) is 113 cm³/mol. The molecule has 0 aliphatic heterocycles. The molecule has 3 N–H and O–H groups in total. The van der Waals surface area contributed by atoms with E-state index in [1.54, 1.807) is 48.7 Å². The van der Waals surface area contributed by atoms with Crippen molar-refractivity contribution in [3.05, 3.63) is 73.0 Å². The number of carbonyl (C=O) groups is 2. The molecule has 3 amide bonds. The van der Waals surface area contributed by atoms with Gasteiger partial charge in [-0.2, -0.15) is 0 Å². The van der Waals surface area contributed by atoms with Gasteiger partial charge in [-0.15, -0.1) is 6.58 Å². The second-order valence-corrected chi connectivity index (χ2v) is 6.97. The fourth-order valence-corrected chi connectivity index (χ4v) is 3.20. The number of thioether (sulfide) groups is 1. The molecule has 2 heterocycles. The lowest BCUT2D eigenvalue weighted by atomic mass is 10.2. The highest BCUT2D eigenvalue weighted by atomic mass is 32.2. The van der Waals surface area contributed by atoms with E-state index >= 15 is 0 Å². The zero-order valence-corrected chi connectivity index (χ0v) is 16.7. The van der Waals surface area contributed by atoms with Gasteiger partial charge < -0.3 is 24.9 Å². The standard InChI is InChI=1S/C20H21N5O3S/c1-3-10-21-19(27)24-15-6-4-14(5-7-15)23-18(26)17-9-8-16(28-17)13-29-20-22-11-12-25(20)2/h3-9,11-12H,1,10,13H2,2H3,(H,23,26)(H2,21,24,27). The van der Waals surface area contributed by atoms with E-state index in [0.717, 1.165) is 5.16 Å². The SMILES string of the molecule is C=CCNC(=O)Nc1ccc(NC(=O)c2ccc(CSc3nccn3C)o2)cc1. The molecule has 3 rings (SSSR count). The summed E-state index contributed by atoms with van der Waals surface area (Å²) in [5, 5.41) is 8.94. The van der Waals surface area contributed by atoms with Gasteiger partial charge in [0.2, 0.25) is 0 Å². The minimum atomic E-state index is -0.345. The summed E-state index contributed by atoms with van der Waals surface area (Å²) in [6.45, 7) is 3.92. The van der Waals surface area contributed by atoms with Crippen LogP contribution in [0.4, 0.5) is 16.2 Å². The maximum atomic E-state index is 12.4. The van der Waals surface area contributed by atoms with Crippen LogP contribution in [0.15, 0.2) is 71.0 Å². The van der Waals surface area contributed by atoms with Gasteiger partial charge in [-0.1, -0.05) is 17.8 Å². The number of anilines is 2. The highest BCUT2D eigenvalue weighted by Crippen LogP contribution is 2.22. The van der Waals surface area contributed by atoms with E-state index in [1.165, 1.54) is 11.8 Å². The van der Waals surface area contributed by atoms with E-state index in [9.17, 15) is 9.59 Å². The van der Waals surface area contributed by atoms with Crippen LogP contribution in [0.3, 0.4) is 0 Å². The smallest absolute Gasteiger partial charge is 0.319 e. The van der Waals surface area contributed by atoms with Gasteiger partial charge in [0, 0.05) is 37.4 Å². The zero-order valence-electron chi connectivity index (χ0n) is 15.8. The number of hydrogen-bond acceptors (Lipinski definition) is 5. The molecule has 0 fully saturated rings. The monoisotopic (exact) mass is 411 g/mol. The third-order valence-corrected chi connectivity index (χ3v) is 4.89. The van der Waals surface area contributed by atoms with Crippen LogP contribution in [0, 0.1) is 0 Å². The van der Waals surface area contributed by atoms with Crippen LogP contribution in [0.25, 0.3) is 0 Å². The number of nitrogens with one attached hydrogen (secondary N) is 3. The van der Waals surface area contributed by atoms with Crippen molar-refractivity contribution in [1.82, 2.24) is 14.9 Å². The van der Waals surface area contributed by atoms with Crippen LogP contribution in [-0.4, -0.2) is 28.0 Å². The molecule has 0 unspecified atom stereocenters. The Morgan fingerprint density at radius 1 is 1.17 bits per heavy atom. The van der Waals surface area contributed by atoms with Crippen LogP contribution < -0.4 is 16.0 Å². The lowest BCUT2D eigenvalue weighted by Gasteiger charge is -2.07. The average molecular weight is 411 g/mol. The van der Waals surface area contributed by atoms with Crippen LogP contribution in [0.2, 0.25) is 0 Å². The molecule has 0 aliphatic carbocycles. The van der Waals surface area contributed by atoms with Crippen LogP contribution in [0.1, 0.15) is 16.3 Å². The average Bonchev–Trinajstić information content (AvgIpc) is 3.35. The Morgan fingerprint density at radius 2 is 1.90 bits per heavy atom. The third kappa shape index (κ3) is 5.76. The van der Waals surface area contributed by atoms with Crippen molar-refractivity contribution < 1.29 is 14.0 Å². The molecule has 2 aromatic heterocycles. The van der Waals surface area contributed by atoms with Gasteiger partial charge >= 0.3 is 6.03 Å². The molecule has 3 aromatic rings. The number of nitrogens with zero attached hydrogens (tertiary/aromatic N) is 2. The summed E-state index contributed by atoms with van der Waals surface area (Å²) in [5.74, 6) is 1.15. The van der Waals surface area contributed by atoms with E-state index in [4.69, 9.17) is 4.42 Å². The van der Waals surface area contributed by atoms with Gasteiger partial charge in [0.05, 0.1) is 5.75 Å². The lowest BCUT2D eigenvalue weighted by molar-refractivity contribution is 0.0995. The number of benzene rings is 1. The van der Waals surface area contributed by atoms with Crippen molar-refractivity contribution in [2.24, 2.45) is 7.05 Å². The number of carbonyl (C=O) groups excluding carboxylic acids is 2. The van der Waals surface area contributed by atoms with Crippen LogP contribution in [-0.2, 0) is 12.8 Å². The summed E-state index contributed by atoms with van der Waals surface area (Å²) in [7, 11) is 1.92. The first-order valence-corrected chi connectivity index (χ1v) is 9.79. The van der Waals surface area contributed by atoms with Gasteiger partial charge in [0.15, 0.2) is 10.9 Å². The molecule has 8 nitrogen and oxygen atoms in total. The Balaban J connectivity index is 1.52. The van der Waals surface area contributed by atoms with Crippen LogP contribution in [0.5, 0.6) is 0 Å². The molecule has 150 valence electrons. The zero-order chi connectivity index (χ0) is 20.6. The summed E-state index contributed by atoms with van der Waals surface area (Å²) in [6, 6.07) is 9.88. The van der Waals surface area contributed by atoms with E-state index in [1.807, 2.05) is 17.8 Å². The first-order chi connectivity index (χ1) is 14.0. The quantitative estimate of drug-likeness (QED) is 0.386. The highest BCUT2D eigenvalue weighted by Gasteiger charge is 2.12. The van der Waals surface area contributed by atoms with E-state index in [-0.39, 0.29) is 17.7 Å². The van der Waals surface area contributed by atoms with Crippen molar-refractivity contribution >= 4 is 35.1 Å². The largest absolute Gasteiger partial charge is 0.455 e. The predicted octanol–water partition coefficient (Wildman–Crippen LogP) is 3.87. The molecule has 0 spiro atoms. The maximum absolute atomic E-state index is 12.4. The molecule has 9 heteroatoms. The van der Waals surface area contributed by atoms with Gasteiger partial charge in [-0.05, 0) is 36.4 Å². The lowest BCUT2D eigenvalue weighted by Crippen LogP contribution is -2.28. The second-order valence-electron chi connectivity index (χ2n) is 6.03. The number of aromatic nitrogens is 2. The molecule has 29 heavy (non-hydrogen) atoms. The number of amides is 3. The van der Waals surface area contributed by atoms with E-state index < -0.39 is 0 Å². The minimum Gasteiger partial charge on any atom is -0.455 e. The molecule has 0 bridgehead atoms.